The predicted molar refractivity (Wildman–Crippen MR) is 53.6 cm³/mol. The Morgan fingerprint density at radius 1 is 1.32 bits per heavy atom. The summed E-state index contributed by atoms with van der Waals surface area (Å²) in [4.78, 5) is 14.6. The lowest BCUT2D eigenvalue weighted by Crippen LogP contribution is -2.20. The van der Waals surface area contributed by atoms with Crippen LogP contribution in [0.1, 0.15) is 15.9 Å². The van der Waals surface area contributed by atoms with Crippen molar-refractivity contribution in [2.24, 2.45) is 0 Å². The van der Waals surface area contributed by atoms with E-state index in [1.54, 1.807) is 0 Å². The van der Waals surface area contributed by atoms with Crippen LogP contribution in [0.15, 0.2) is 6.07 Å². The van der Waals surface area contributed by atoms with Gasteiger partial charge in [-0.15, -0.1) is 13.2 Å². The number of halogens is 4. The molecule has 1 rings (SSSR count). The summed E-state index contributed by atoms with van der Waals surface area (Å²) in [6.07, 6.45) is -5.03. The van der Waals surface area contributed by atoms with Gasteiger partial charge in [0.25, 0.3) is 0 Å². The van der Waals surface area contributed by atoms with E-state index in [-0.39, 0.29) is 5.56 Å². The lowest BCUT2D eigenvalue weighted by molar-refractivity contribution is -0.276. The number of carbonyl (C=O) groups is 1. The first-order chi connectivity index (χ1) is 8.82. The smallest absolute Gasteiger partial charge is 0.480 e. The normalized spacial score (nSPS) is 11.1. The largest absolute Gasteiger partial charge is 0.574 e. The summed E-state index contributed by atoms with van der Waals surface area (Å²) >= 11 is 0. The van der Waals surface area contributed by atoms with Crippen LogP contribution in [-0.2, 0) is 11.4 Å². The van der Waals surface area contributed by atoms with E-state index in [1.807, 2.05) is 0 Å². The van der Waals surface area contributed by atoms with Crippen molar-refractivity contribution in [1.82, 2.24) is 4.98 Å². The summed E-state index contributed by atoms with van der Waals surface area (Å²) in [5.74, 6) is -2.39. The maximum absolute atomic E-state index is 12.7. The Hall–Kier alpha value is -2.06. The van der Waals surface area contributed by atoms with Crippen LogP contribution < -0.4 is 9.47 Å². The molecule has 5 nitrogen and oxygen atoms in total. The summed E-state index contributed by atoms with van der Waals surface area (Å²) in [7, 11) is 2.14. The number of hydrogen-bond acceptors (Lipinski definition) is 5. The van der Waals surface area contributed by atoms with E-state index in [9.17, 15) is 22.4 Å². The van der Waals surface area contributed by atoms with Gasteiger partial charge in [-0.2, -0.15) is 4.98 Å². The first-order valence-corrected chi connectivity index (χ1v) is 4.80. The van der Waals surface area contributed by atoms with E-state index in [1.165, 1.54) is 0 Å². The van der Waals surface area contributed by atoms with Crippen LogP contribution >= 0.6 is 0 Å². The highest BCUT2D eigenvalue weighted by Crippen LogP contribution is 2.30. The zero-order valence-electron chi connectivity index (χ0n) is 9.88. The van der Waals surface area contributed by atoms with E-state index >= 15 is 0 Å². The molecule has 0 aromatic carbocycles. The van der Waals surface area contributed by atoms with Crippen molar-refractivity contribution in [1.29, 1.82) is 0 Å². The third kappa shape index (κ3) is 3.70. The molecule has 1 aromatic heterocycles. The number of ether oxygens (including phenoxy) is 3. The molecule has 1 aromatic rings. The highest BCUT2D eigenvalue weighted by molar-refractivity contribution is 5.92. The molecule has 1 heterocycles. The van der Waals surface area contributed by atoms with Gasteiger partial charge in [0.1, 0.15) is 12.2 Å². The maximum atomic E-state index is 12.7. The van der Waals surface area contributed by atoms with E-state index in [4.69, 9.17) is 0 Å². The predicted octanol–water partition coefficient (Wildman–Crippen LogP) is 2.24. The minimum atomic E-state index is -5.03. The fourth-order valence-corrected chi connectivity index (χ4v) is 1.23. The number of alkyl halides is 4. The Labute approximate surface area is 105 Å². The highest BCUT2D eigenvalue weighted by atomic mass is 19.4. The molecule has 0 unspecified atom stereocenters. The van der Waals surface area contributed by atoms with E-state index in [2.05, 4.69) is 19.2 Å². The van der Waals surface area contributed by atoms with Crippen molar-refractivity contribution < 1.29 is 36.6 Å². The molecule has 0 saturated heterocycles. The van der Waals surface area contributed by atoms with E-state index < -0.39 is 36.3 Å². The summed E-state index contributed by atoms with van der Waals surface area (Å²) < 4.78 is 61.5. The highest BCUT2D eigenvalue weighted by Gasteiger charge is 2.34. The Bertz CT molecular complexity index is 475. The van der Waals surface area contributed by atoms with Crippen LogP contribution in [0.3, 0.4) is 0 Å². The topological polar surface area (TPSA) is 57.7 Å². The van der Waals surface area contributed by atoms with E-state index in [0.29, 0.717) is 0 Å². The number of nitrogens with zero attached hydrogens (tertiary/aromatic N) is 1. The average Bonchev–Trinajstić information content (AvgIpc) is 2.35. The number of hydrogen-bond donors (Lipinski definition) is 0. The first-order valence-electron chi connectivity index (χ1n) is 4.80. The SMILES string of the molecule is COC(=O)c1cc(CF)c(OC(F)(F)F)nc1OC. The van der Waals surface area contributed by atoms with Gasteiger partial charge in [-0.25, -0.2) is 9.18 Å². The monoisotopic (exact) mass is 283 g/mol. The van der Waals surface area contributed by atoms with Gasteiger partial charge in [0.05, 0.1) is 14.2 Å². The zero-order chi connectivity index (χ0) is 14.6. The van der Waals surface area contributed by atoms with Crippen LogP contribution in [0.25, 0.3) is 0 Å². The number of aromatic nitrogens is 1. The second kappa shape index (κ2) is 5.72. The van der Waals surface area contributed by atoms with Crippen LogP contribution in [0.2, 0.25) is 0 Å². The lowest BCUT2D eigenvalue weighted by Gasteiger charge is -2.13. The van der Waals surface area contributed by atoms with Gasteiger partial charge in [-0.1, -0.05) is 0 Å². The third-order valence-corrected chi connectivity index (χ3v) is 1.98. The van der Waals surface area contributed by atoms with Crippen LogP contribution in [0.4, 0.5) is 17.6 Å². The molecular weight excluding hydrogens is 274 g/mol. The summed E-state index contributed by atoms with van der Waals surface area (Å²) in [5.41, 5.74) is -0.842. The van der Waals surface area contributed by atoms with Gasteiger partial charge in [-0.05, 0) is 6.07 Å². The van der Waals surface area contributed by atoms with Gasteiger partial charge in [0.15, 0.2) is 0 Å². The number of esters is 1. The van der Waals surface area contributed by atoms with Gasteiger partial charge >= 0.3 is 12.3 Å². The molecule has 0 fully saturated rings. The summed E-state index contributed by atoms with van der Waals surface area (Å²) in [5, 5.41) is 0. The Morgan fingerprint density at radius 2 is 1.95 bits per heavy atom. The van der Waals surface area contributed by atoms with Crippen molar-refractivity contribution in [3.63, 3.8) is 0 Å². The zero-order valence-corrected chi connectivity index (χ0v) is 9.88. The second-order valence-electron chi connectivity index (χ2n) is 3.18. The Kier molecular flexibility index (Phi) is 4.52. The Balaban J connectivity index is 3.31. The summed E-state index contributed by atoms with van der Waals surface area (Å²) in [6.45, 7) is -1.30. The quantitative estimate of drug-likeness (QED) is 0.626. The average molecular weight is 283 g/mol. The minimum absolute atomic E-state index is 0.299. The van der Waals surface area contributed by atoms with Gasteiger partial charge in [0, 0.05) is 5.56 Å². The molecule has 106 valence electrons. The van der Waals surface area contributed by atoms with Crippen molar-refractivity contribution in [2.45, 2.75) is 13.0 Å². The second-order valence-corrected chi connectivity index (χ2v) is 3.18. The molecular formula is C10H9F4NO4. The van der Waals surface area contributed by atoms with Gasteiger partial charge in [-0.3, -0.25) is 0 Å². The minimum Gasteiger partial charge on any atom is -0.480 e. The number of methoxy groups -OCH3 is 2. The van der Waals surface area contributed by atoms with Gasteiger partial charge in [0.2, 0.25) is 11.8 Å². The van der Waals surface area contributed by atoms with Gasteiger partial charge < -0.3 is 14.2 Å². The van der Waals surface area contributed by atoms with Crippen LogP contribution in [0.5, 0.6) is 11.8 Å². The Morgan fingerprint density at radius 3 is 2.37 bits per heavy atom. The fraction of sp³-hybridized carbons (Fsp3) is 0.400. The molecule has 0 spiro atoms. The van der Waals surface area contributed by atoms with Crippen LogP contribution in [0, 0.1) is 0 Å². The molecule has 0 amide bonds. The molecule has 0 radical (unpaired) electrons. The van der Waals surface area contributed by atoms with Crippen LogP contribution in [-0.4, -0.2) is 31.5 Å². The van der Waals surface area contributed by atoms with E-state index in [0.717, 1.165) is 20.3 Å². The molecule has 0 N–H and O–H groups in total. The molecule has 19 heavy (non-hydrogen) atoms. The summed E-state index contributed by atoms with van der Waals surface area (Å²) in [6, 6.07) is 0.832. The first kappa shape index (κ1) is 15.0. The number of rotatable bonds is 4. The number of pyridine rings is 1. The molecule has 0 aliphatic heterocycles. The maximum Gasteiger partial charge on any atom is 0.574 e. The fourth-order valence-electron chi connectivity index (χ4n) is 1.23. The van der Waals surface area contributed by atoms with Crippen molar-refractivity contribution in [2.75, 3.05) is 14.2 Å². The molecule has 0 aliphatic carbocycles. The lowest BCUT2D eigenvalue weighted by atomic mass is 10.2. The molecule has 0 atom stereocenters. The molecule has 0 bridgehead atoms. The third-order valence-electron chi connectivity index (χ3n) is 1.98. The van der Waals surface area contributed by atoms with Crippen molar-refractivity contribution >= 4 is 5.97 Å². The van der Waals surface area contributed by atoms with Crippen molar-refractivity contribution in [3.8, 4) is 11.8 Å². The molecule has 0 saturated carbocycles. The number of carbonyl (C=O) groups excluding carboxylic acids is 1. The van der Waals surface area contributed by atoms with Crippen molar-refractivity contribution in [3.05, 3.63) is 17.2 Å². The molecule has 0 aliphatic rings. The molecule has 9 heteroatoms. The standard InChI is InChI=1S/C10H9F4NO4/c1-17-8-6(9(16)18-2)3-5(4-11)7(15-8)19-10(12,13)14/h3H,4H2,1-2H3.